The van der Waals surface area contributed by atoms with Gasteiger partial charge in [0.1, 0.15) is 6.54 Å². The lowest BCUT2D eigenvalue weighted by atomic mass is 10.1. The summed E-state index contributed by atoms with van der Waals surface area (Å²) in [6.45, 7) is 3.39. The average Bonchev–Trinajstić information content (AvgIpc) is 2.61. The molecule has 2 aromatic rings. The fraction of sp³-hybridized carbons (Fsp3) is 0.263. The summed E-state index contributed by atoms with van der Waals surface area (Å²) in [6.07, 6.45) is 1.09. The maximum absolute atomic E-state index is 12.8. The molecule has 0 unspecified atom stereocenters. The third-order valence-electron chi connectivity index (χ3n) is 4.07. The summed E-state index contributed by atoms with van der Waals surface area (Å²) in [5.74, 6) is -0.923. The van der Waals surface area contributed by atoms with Gasteiger partial charge in [0, 0.05) is 18.4 Å². The number of aryl methyl sites for hydroxylation is 1. The number of sulfone groups is 1. The van der Waals surface area contributed by atoms with Crippen molar-refractivity contribution in [3.05, 3.63) is 57.6 Å². The minimum absolute atomic E-state index is 0.0849. The molecular weight excluding hydrogens is 423 g/mol. The third kappa shape index (κ3) is 5.25. The van der Waals surface area contributed by atoms with Gasteiger partial charge in [-0.05, 0) is 43.7 Å². The molecule has 9 heteroatoms. The first-order valence-electron chi connectivity index (χ1n) is 8.38. The monoisotopic (exact) mass is 442 g/mol. The van der Waals surface area contributed by atoms with E-state index in [1.807, 2.05) is 0 Å². The number of carbonyl (C=O) groups excluding carboxylic acids is 2. The van der Waals surface area contributed by atoms with Crippen LogP contribution in [0.25, 0.3) is 0 Å². The van der Waals surface area contributed by atoms with E-state index in [0.717, 1.165) is 6.26 Å². The fourth-order valence-corrected chi connectivity index (χ4v) is 4.10. The molecule has 0 bridgehead atoms. The summed E-state index contributed by atoms with van der Waals surface area (Å²) in [5, 5.41) is 3.17. The lowest BCUT2D eigenvalue weighted by molar-refractivity contribution is -0.116. The van der Waals surface area contributed by atoms with E-state index in [2.05, 4.69) is 5.32 Å². The number of hydrogen-bond donors (Lipinski definition) is 1. The number of hydrogen-bond acceptors (Lipinski definition) is 4. The summed E-state index contributed by atoms with van der Waals surface area (Å²) >= 11 is 12.1. The maximum Gasteiger partial charge on any atom is 0.254 e. The Morgan fingerprint density at radius 3 is 2.25 bits per heavy atom. The van der Waals surface area contributed by atoms with Crippen LogP contribution in [0.3, 0.4) is 0 Å². The molecule has 0 fully saturated rings. The van der Waals surface area contributed by atoms with Crippen LogP contribution in [0.1, 0.15) is 22.8 Å². The molecule has 6 nitrogen and oxygen atoms in total. The van der Waals surface area contributed by atoms with E-state index in [1.54, 1.807) is 38.1 Å². The normalized spacial score (nSPS) is 11.2. The Balaban J connectivity index is 2.21. The SMILES string of the molecule is CCN(CC(=O)Nc1c(Cl)cccc1Cl)C(=O)c1ccc(C)c(S(C)(=O)=O)c1. The van der Waals surface area contributed by atoms with Crippen LogP contribution in [0, 0.1) is 6.92 Å². The van der Waals surface area contributed by atoms with Gasteiger partial charge in [-0.2, -0.15) is 0 Å². The van der Waals surface area contributed by atoms with E-state index >= 15 is 0 Å². The Hall–Kier alpha value is -2.09. The lowest BCUT2D eigenvalue weighted by Gasteiger charge is -2.21. The Labute approximate surface area is 174 Å². The minimum Gasteiger partial charge on any atom is -0.330 e. The standard InChI is InChI=1S/C19H20Cl2N2O4S/c1-4-23(11-17(24)22-18-14(20)6-5-7-15(18)21)19(25)13-9-8-12(2)16(10-13)28(3,26)27/h5-10H,4,11H2,1-3H3,(H,22,24). The number of benzene rings is 2. The van der Waals surface area contributed by atoms with Crippen molar-refractivity contribution in [1.82, 2.24) is 4.90 Å². The van der Waals surface area contributed by atoms with Gasteiger partial charge in [0.05, 0.1) is 20.6 Å². The lowest BCUT2D eigenvalue weighted by Crippen LogP contribution is -2.38. The van der Waals surface area contributed by atoms with E-state index in [0.29, 0.717) is 5.56 Å². The maximum atomic E-state index is 12.8. The zero-order valence-electron chi connectivity index (χ0n) is 15.6. The topological polar surface area (TPSA) is 83.6 Å². The van der Waals surface area contributed by atoms with Gasteiger partial charge in [0.2, 0.25) is 5.91 Å². The Morgan fingerprint density at radius 2 is 1.71 bits per heavy atom. The van der Waals surface area contributed by atoms with Crippen molar-refractivity contribution in [2.75, 3.05) is 24.7 Å². The predicted octanol–water partition coefficient (Wildman–Crippen LogP) is 3.81. The van der Waals surface area contributed by atoms with E-state index in [1.165, 1.54) is 17.0 Å². The first-order valence-corrected chi connectivity index (χ1v) is 11.0. The van der Waals surface area contributed by atoms with E-state index in [-0.39, 0.29) is 39.3 Å². The first kappa shape index (κ1) is 22.2. The van der Waals surface area contributed by atoms with Crippen LogP contribution in [-0.4, -0.2) is 44.5 Å². The molecule has 150 valence electrons. The van der Waals surface area contributed by atoms with Crippen molar-refractivity contribution in [2.45, 2.75) is 18.7 Å². The van der Waals surface area contributed by atoms with E-state index < -0.39 is 21.7 Å². The molecule has 0 saturated heterocycles. The summed E-state index contributed by atoms with van der Waals surface area (Å²) in [7, 11) is -3.47. The number of rotatable bonds is 6. The van der Waals surface area contributed by atoms with Gasteiger partial charge in [-0.3, -0.25) is 9.59 Å². The van der Waals surface area contributed by atoms with Crippen LogP contribution in [0.5, 0.6) is 0 Å². The van der Waals surface area contributed by atoms with Crippen LogP contribution >= 0.6 is 23.2 Å². The molecule has 2 rings (SSSR count). The average molecular weight is 443 g/mol. The number of nitrogens with one attached hydrogen (secondary N) is 1. The van der Waals surface area contributed by atoms with Crippen LogP contribution in [0.2, 0.25) is 10.0 Å². The molecule has 0 saturated carbocycles. The van der Waals surface area contributed by atoms with Crippen molar-refractivity contribution < 1.29 is 18.0 Å². The highest BCUT2D eigenvalue weighted by molar-refractivity contribution is 7.90. The third-order valence-corrected chi connectivity index (χ3v) is 5.93. The highest BCUT2D eigenvalue weighted by Crippen LogP contribution is 2.29. The summed E-state index contributed by atoms with van der Waals surface area (Å²) in [4.78, 5) is 26.6. The van der Waals surface area contributed by atoms with Crippen molar-refractivity contribution in [3.63, 3.8) is 0 Å². The molecule has 0 spiro atoms. The summed E-state index contributed by atoms with van der Waals surface area (Å²) < 4.78 is 23.8. The molecule has 1 N–H and O–H groups in total. The molecule has 0 aliphatic heterocycles. The zero-order valence-corrected chi connectivity index (χ0v) is 18.0. The van der Waals surface area contributed by atoms with Crippen molar-refractivity contribution in [3.8, 4) is 0 Å². The zero-order chi connectivity index (χ0) is 21.1. The fourth-order valence-electron chi connectivity index (χ4n) is 2.61. The molecule has 0 radical (unpaired) electrons. The molecule has 0 aliphatic rings. The second-order valence-corrected chi connectivity index (χ2v) is 9.02. The molecule has 28 heavy (non-hydrogen) atoms. The van der Waals surface area contributed by atoms with E-state index in [9.17, 15) is 18.0 Å². The summed E-state index contributed by atoms with van der Waals surface area (Å²) in [6, 6.07) is 9.27. The largest absolute Gasteiger partial charge is 0.330 e. The molecule has 0 aromatic heterocycles. The molecule has 0 atom stereocenters. The summed E-state index contributed by atoms with van der Waals surface area (Å²) in [5.41, 5.74) is 1.01. The van der Waals surface area contributed by atoms with Crippen LogP contribution < -0.4 is 5.32 Å². The first-order chi connectivity index (χ1) is 13.0. The second kappa shape index (κ2) is 8.94. The van der Waals surface area contributed by atoms with Gasteiger partial charge in [-0.15, -0.1) is 0 Å². The van der Waals surface area contributed by atoms with Gasteiger partial charge in [0.15, 0.2) is 9.84 Å². The van der Waals surface area contributed by atoms with Gasteiger partial charge < -0.3 is 10.2 Å². The number of amides is 2. The molecular formula is C19H20Cl2N2O4S. The quantitative estimate of drug-likeness (QED) is 0.736. The van der Waals surface area contributed by atoms with Crippen LogP contribution in [0.15, 0.2) is 41.3 Å². The number of para-hydroxylation sites is 1. The Morgan fingerprint density at radius 1 is 1.11 bits per heavy atom. The number of carbonyl (C=O) groups is 2. The second-order valence-electron chi connectivity index (χ2n) is 6.22. The van der Waals surface area contributed by atoms with Gasteiger partial charge in [-0.1, -0.05) is 35.3 Å². The predicted molar refractivity (Wildman–Crippen MR) is 111 cm³/mol. The van der Waals surface area contributed by atoms with Gasteiger partial charge in [-0.25, -0.2) is 8.42 Å². The Kier molecular flexibility index (Phi) is 7.09. The van der Waals surface area contributed by atoms with E-state index in [4.69, 9.17) is 23.2 Å². The number of halogens is 2. The molecule has 2 amide bonds. The minimum atomic E-state index is -3.47. The van der Waals surface area contributed by atoms with Crippen LogP contribution in [-0.2, 0) is 14.6 Å². The van der Waals surface area contributed by atoms with Crippen molar-refractivity contribution in [1.29, 1.82) is 0 Å². The number of likely N-dealkylation sites (N-methyl/N-ethyl adjacent to an activating group) is 1. The number of nitrogens with zero attached hydrogens (tertiary/aromatic N) is 1. The van der Waals surface area contributed by atoms with Crippen molar-refractivity contribution >= 4 is 50.5 Å². The smallest absolute Gasteiger partial charge is 0.254 e. The van der Waals surface area contributed by atoms with Gasteiger partial charge in [0.25, 0.3) is 5.91 Å². The molecule has 2 aromatic carbocycles. The number of anilines is 1. The van der Waals surface area contributed by atoms with Crippen molar-refractivity contribution in [2.24, 2.45) is 0 Å². The highest BCUT2D eigenvalue weighted by atomic mass is 35.5. The van der Waals surface area contributed by atoms with Crippen LogP contribution in [0.4, 0.5) is 5.69 Å². The molecule has 0 heterocycles. The Bertz CT molecular complexity index is 1000. The highest BCUT2D eigenvalue weighted by Gasteiger charge is 2.21. The van der Waals surface area contributed by atoms with Gasteiger partial charge >= 0.3 is 0 Å². The molecule has 0 aliphatic carbocycles.